The summed E-state index contributed by atoms with van der Waals surface area (Å²) in [6.45, 7) is -1.30. The van der Waals surface area contributed by atoms with Crippen LogP contribution in [-0.4, -0.2) is 63.9 Å². The molecule has 0 bridgehead atoms. The monoisotopic (exact) mass is 605 g/mol. The first-order chi connectivity index (χ1) is 18.3. The first kappa shape index (κ1) is 29.5. The summed E-state index contributed by atoms with van der Waals surface area (Å²) in [6, 6.07) is 11.8. The first-order valence-corrected chi connectivity index (χ1v) is 14.4. The molecule has 0 spiro atoms. The smallest absolute Gasteiger partial charge is 0.387 e. The van der Waals surface area contributed by atoms with Crippen molar-refractivity contribution >= 4 is 27.2 Å². The summed E-state index contributed by atoms with van der Waals surface area (Å²) in [5, 5.41) is 21.0. The number of aromatic nitrogens is 3. The van der Waals surface area contributed by atoms with Gasteiger partial charge in [0.15, 0.2) is 6.23 Å². The Balaban J connectivity index is 1.58. The van der Waals surface area contributed by atoms with Crippen LogP contribution in [0.15, 0.2) is 64.4 Å². The second-order valence-electron chi connectivity index (χ2n) is 8.30. The van der Waals surface area contributed by atoms with Crippen LogP contribution in [0.5, 0.6) is 0 Å². The van der Waals surface area contributed by atoms with Crippen molar-refractivity contribution in [2.24, 2.45) is 0 Å². The number of hydrogen-bond acceptors (Lipinski definition) is 10. The van der Waals surface area contributed by atoms with Crippen LogP contribution in [0.4, 0.5) is 0 Å². The number of phosphoric acid groups is 2. The van der Waals surface area contributed by atoms with Crippen molar-refractivity contribution in [3.05, 3.63) is 86.4 Å². The predicted molar refractivity (Wildman–Crippen MR) is 134 cm³/mol. The van der Waals surface area contributed by atoms with Crippen molar-refractivity contribution in [3.63, 3.8) is 0 Å². The highest BCUT2D eigenvalue weighted by Crippen LogP contribution is 2.57. The highest BCUT2D eigenvalue weighted by molar-refractivity contribution is 7.60. The molecule has 1 fully saturated rings. The topological polar surface area (TPSA) is 220 Å². The number of benzene rings is 1. The van der Waals surface area contributed by atoms with E-state index in [0.717, 1.165) is 27.0 Å². The van der Waals surface area contributed by atoms with Crippen LogP contribution in [-0.2, 0) is 29.2 Å². The molecule has 39 heavy (non-hydrogen) atoms. The van der Waals surface area contributed by atoms with Gasteiger partial charge in [0.05, 0.1) is 23.9 Å². The zero-order valence-electron chi connectivity index (χ0n) is 19.6. The van der Waals surface area contributed by atoms with Gasteiger partial charge in [0, 0.05) is 24.0 Å². The third kappa shape index (κ3) is 6.80. The average Bonchev–Trinajstić information content (AvgIpc) is 3.14. The number of aliphatic hydroxyl groups excluding tert-OH is 2. The molecule has 1 aliphatic rings. The number of rotatable bonds is 9. The first-order valence-electron chi connectivity index (χ1n) is 11.0. The van der Waals surface area contributed by atoms with E-state index in [0.29, 0.717) is 5.56 Å². The molecule has 15 nitrogen and oxygen atoms in total. The SMILES string of the molecule is O=c1ccn([C@@H]2O[C@H](COP(=O)(O)OP(=O)(O)O)C(O)C2O)c(=O)n1Cc1nccc(-c2ccccc2)c1Cl. The summed E-state index contributed by atoms with van der Waals surface area (Å²) in [5.41, 5.74) is -0.0647. The van der Waals surface area contributed by atoms with Crippen molar-refractivity contribution in [1.29, 1.82) is 0 Å². The highest BCUT2D eigenvalue weighted by atomic mass is 35.5. The zero-order chi connectivity index (χ0) is 28.5. The van der Waals surface area contributed by atoms with E-state index >= 15 is 0 Å². The molecule has 0 aliphatic carbocycles. The number of halogens is 1. The minimum atomic E-state index is -5.39. The van der Waals surface area contributed by atoms with E-state index in [1.165, 1.54) is 6.20 Å². The molecule has 0 radical (unpaired) electrons. The molecule has 3 heterocycles. The van der Waals surface area contributed by atoms with Crippen LogP contribution in [0, 0.1) is 0 Å². The molecule has 3 unspecified atom stereocenters. The second kappa shape index (κ2) is 11.5. The Kier molecular flexibility index (Phi) is 8.71. The lowest BCUT2D eigenvalue weighted by Crippen LogP contribution is -2.43. The average molecular weight is 606 g/mol. The fraction of sp³-hybridized carbons (Fsp3) is 0.286. The van der Waals surface area contributed by atoms with Gasteiger partial charge < -0.3 is 29.6 Å². The maximum Gasteiger partial charge on any atom is 0.481 e. The Morgan fingerprint density at radius 1 is 1.03 bits per heavy atom. The Morgan fingerprint density at radius 3 is 2.38 bits per heavy atom. The molecule has 0 amide bonds. The minimum absolute atomic E-state index is 0.206. The summed E-state index contributed by atoms with van der Waals surface area (Å²) < 4.78 is 37.6. The van der Waals surface area contributed by atoms with Crippen LogP contribution >= 0.6 is 27.2 Å². The van der Waals surface area contributed by atoms with Gasteiger partial charge in [-0.2, -0.15) is 4.31 Å². The zero-order valence-corrected chi connectivity index (χ0v) is 22.2. The summed E-state index contributed by atoms with van der Waals surface area (Å²) in [5.74, 6) is 0. The quantitative estimate of drug-likeness (QED) is 0.211. The highest BCUT2D eigenvalue weighted by Gasteiger charge is 2.46. The van der Waals surface area contributed by atoms with Gasteiger partial charge in [0.2, 0.25) is 0 Å². The fourth-order valence-electron chi connectivity index (χ4n) is 3.88. The van der Waals surface area contributed by atoms with Crippen LogP contribution in [0.2, 0.25) is 5.02 Å². The Bertz CT molecular complexity index is 1560. The summed E-state index contributed by atoms with van der Waals surface area (Å²) in [7, 11) is -10.7. The number of nitrogens with zero attached hydrogens (tertiary/aromatic N) is 3. The molecule has 2 aromatic heterocycles. The van der Waals surface area contributed by atoms with Crippen molar-refractivity contribution in [2.75, 3.05) is 6.61 Å². The van der Waals surface area contributed by atoms with E-state index in [-0.39, 0.29) is 17.3 Å². The number of ether oxygens (including phenoxy) is 1. The minimum Gasteiger partial charge on any atom is -0.387 e. The Hall–Kier alpha value is -2.52. The van der Waals surface area contributed by atoms with E-state index in [9.17, 15) is 33.8 Å². The van der Waals surface area contributed by atoms with Gasteiger partial charge in [-0.25, -0.2) is 13.9 Å². The molecule has 1 aliphatic heterocycles. The van der Waals surface area contributed by atoms with Crippen LogP contribution in [0.1, 0.15) is 11.9 Å². The lowest BCUT2D eigenvalue weighted by molar-refractivity contribution is -0.0547. The van der Waals surface area contributed by atoms with E-state index in [2.05, 4.69) is 13.8 Å². The summed E-state index contributed by atoms with van der Waals surface area (Å²) >= 11 is 6.54. The summed E-state index contributed by atoms with van der Waals surface area (Å²) in [4.78, 5) is 56.8. The van der Waals surface area contributed by atoms with Crippen molar-refractivity contribution in [1.82, 2.24) is 14.1 Å². The number of aliphatic hydroxyl groups is 2. The standard InChI is InChI=1S/C21H22ClN3O12P2/c22-17-13(12-4-2-1-3-5-12)6-8-23-14(17)10-25-16(26)7-9-24(21(25)29)20-19(28)18(27)15(36-20)11-35-39(33,34)37-38(30,31)32/h1-9,15,18-20,27-28H,10-11H2,(H,33,34)(H2,30,31,32)/t15-,18?,19?,20-/m1/s1. The molecule has 0 saturated carbocycles. The number of phosphoric ester groups is 1. The van der Waals surface area contributed by atoms with Crippen LogP contribution in [0.3, 0.4) is 0 Å². The molecule has 1 saturated heterocycles. The lowest BCUT2D eigenvalue weighted by Gasteiger charge is -2.19. The molecule has 5 N–H and O–H groups in total. The lowest BCUT2D eigenvalue weighted by atomic mass is 10.1. The van der Waals surface area contributed by atoms with Crippen LogP contribution < -0.4 is 11.2 Å². The van der Waals surface area contributed by atoms with Crippen molar-refractivity contribution < 1.29 is 47.6 Å². The normalized spacial score (nSPS) is 23.0. The predicted octanol–water partition coefficient (Wildman–Crippen LogP) is 0.619. The molecular weight excluding hydrogens is 584 g/mol. The third-order valence-electron chi connectivity index (χ3n) is 5.67. The van der Waals surface area contributed by atoms with Gasteiger partial charge in [-0.1, -0.05) is 41.9 Å². The Morgan fingerprint density at radius 2 is 1.72 bits per heavy atom. The largest absolute Gasteiger partial charge is 0.481 e. The van der Waals surface area contributed by atoms with Gasteiger partial charge >= 0.3 is 21.3 Å². The molecule has 210 valence electrons. The molecule has 5 atom stereocenters. The second-order valence-corrected chi connectivity index (χ2v) is 11.5. The van der Waals surface area contributed by atoms with Crippen molar-refractivity contribution in [2.45, 2.75) is 31.1 Å². The summed E-state index contributed by atoms with van der Waals surface area (Å²) in [6.07, 6.45) is -4.16. The van der Waals surface area contributed by atoms with Gasteiger partial charge in [-0.05, 0) is 11.6 Å². The fourth-order valence-corrected chi connectivity index (χ4v) is 5.76. The van der Waals surface area contributed by atoms with Gasteiger partial charge in [-0.15, -0.1) is 0 Å². The van der Waals surface area contributed by atoms with Gasteiger partial charge in [-0.3, -0.25) is 23.4 Å². The van der Waals surface area contributed by atoms with Crippen molar-refractivity contribution in [3.8, 4) is 11.1 Å². The van der Waals surface area contributed by atoms with E-state index in [1.54, 1.807) is 6.07 Å². The maximum atomic E-state index is 13.2. The molecule has 18 heteroatoms. The van der Waals surface area contributed by atoms with E-state index in [4.69, 9.17) is 26.1 Å². The molecular formula is C21H22ClN3O12P2. The number of pyridine rings is 1. The Labute approximate surface area is 224 Å². The van der Waals surface area contributed by atoms with E-state index in [1.807, 2.05) is 30.3 Å². The molecule has 3 aromatic rings. The third-order valence-corrected chi connectivity index (χ3v) is 8.25. The van der Waals surface area contributed by atoms with Gasteiger partial charge in [0.1, 0.15) is 18.3 Å². The number of hydrogen-bond donors (Lipinski definition) is 5. The van der Waals surface area contributed by atoms with Gasteiger partial charge in [0.25, 0.3) is 5.56 Å². The van der Waals surface area contributed by atoms with E-state index < -0.39 is 58.0 Å². The van der Waals surface area contributed by atoms with Crippen LogP contribution in [0.25, 0.3) is 11.1 Å². The maximum absolute atomic E-state index is 13.2. The molecule has 1 aromatic carbocycles. The molecule has 4 rings (SSSR count).